The molecule has 5 nitrogen and oxygen atoms in total. The summed E-state index contributed by atoms with van der Waals surface area (Å²) in [5, 5.41) is 5.87. The minimum atomic E-state index is -3.63. The van der Waals surface area contributed by atoms with Crippen LogP contribution in [-0.4, -0.2) is 20.9 Å². The van der Waals surface area contributed by atoms with E-state index in [-0.39, 0.29) is 22.2 Å². The van der Waals surface area contributed by atoms with E-state index in [0.717, 1.165) is 0 Å². The summed E-state index contributed by atoms with van der Waals surface area (Å²) < 4.78 is 26.1. The van der Waals surface area contributed by atoms with Gasteiger partial charge in [0.25, 0.3) is 0 Å². The van der Waals surface area contributed by atoms with Gasteiger partial charge in [-0.05, 0) is 48.4 Å². The van der Waals surface area contributed by atoms with Gasteiger partial charge in [0, 0.05) is 11.4 Å². The van der Waals surface area contributed by atoms with Gasteiger partial charge in [-0.1, -0.05) is 49.4 Å². The Kier molecular flexibility index (Phi) is 6.11. The summed E-state index contributed by atoms with van der Waals surface area (Å²) in [6.45, 7) is 1.94. The van der Waals surface area contributed by atoms with Crippen LogP contribution < -0.4 is 10.6 Å². The first-order chi connectivity index (χ1) is 13.5. The Bertz CT molecular complexity index is 1050. The van der Waals surface area contributed by atoms with Crippen molar-refractivity contribution in [3.05, 3.63) is 84.4 Å². The second-order valence-electron chi connectivity index (χ2n) is 6.22. The van der Waals surface area contributed by atoms with Gasteiger partial charge in [0.15, 0.2) is 0 Å². The van der Waals surface area contributed by atoms with E-state index < -0.39 is 9.84 Å². The average molecular weight is 394 g/mol. The van der Waals surface area contributed by atoms with Crippen LogP contribution in [0.2, 0.25) is 0 Å². The molecule has 0 fully saturated rings. The highest BCUT2D eigenvalue weighted by atomic mass is 32.2. The Morgan fingerprint density at radius 1 is 0.857 bits per heavy atom. The number of sulfone groups is 1. The fourth-order valence-corrected chi connectivity index (χ4v) is 4.58. The van der Waals surface area contributed by atoms with Crippen LogP contribution >= 0.6 is 0 Å². The standard InChI is InChI=1S/C22H22N2O3S/c1-2-19-20(23-16-22(25)24-17-10-5-3-6-11-17)14-9-15-21(19)28(26,27)18-12-7-4-8-13-18/h3-15,23H,2,16H2,1H3,(H,24,25). The van der Waals surface area contributed by atoms with Crippen molar-refractivity contribution in [2.75, 3.05) is 17.2 Å². The number of carbonyl (C=O) groups is 1. The molecule has 3 aromatic rings. The first kappa shape index (κ1) is 19.6. The Labute approximate surface area is 165 Å². The molecule has 0 atom stereocenters. The molecule has 2 N–H and O–H groups in total. The lowest BCUT2D eigenvalue weighted by Crippen LogP contribution is -2.22. The lowest BCUT2D eigenvalue weighted by Gasteiger charge is -2.15. The summed E-state index contributed by atoms with van der Waals surface area (Å²) in [6, 6.07) is 22.6. The predicted molar refractivity (Wildman–Crippen MR) is 111 cm³/mol. The number of rotatable bonds is 7. The summed E-state index contributed by atoms with van der Waals surface area (Å²) in [4.78, 5) is 12.7. The SMILES string of the molecule is CCc1c(NCC(=O)Nc2ccccc2)cccc1S(=O)(=O)c1ccccc1. The first-order valence-corrected chi connectivity index (χ1v) is 10.5. The van der Waals surface area contributed by atoms with Crippen molar-refractivity contribution in [3.8, 4) is 0 Å². The molecule has 28 heavy (non-hydrogen) atoms. The maximum Gasteiger partial charge on any atom is 0.243 e. The summed E-state index contributed by atoms with van der Waals surface area (Å²) in [6.07, 6.45) is 0.519. The highest BCUT2D eigenvalue weighted by Gasteiger charge is 2.22. The molecule has 0 aromatic heterocycles. The van der Waals surface area contributed by atoms with E-state index in [2.05, 4.69) is 10.6 Å². The number of carbonyl (C=O) groups excluding carboxylic acids is 1. The Morgan fingerprint density at radius 2 is 1.50 bits per heavy atom. The summed E-state index contributed by atoms with van der Waals surface area (Å²) in [5.41, 5.74) is 2.02. The first-order valence-electron chi connectivity index (χ1n) is 9.03. The quantitative estimate of drug-likeness (QED) is 0.632. The molecule has 144 valence electrons. The van der Waals surface area contributed by atoms with Crippen molar-refractivity contribution in [2.45, 2.75) is 23.1 Å². The molecule has 0 bridgehead atoms. The molecule has 0 saturated heterocycles. The highest BCUT2D eigenvalue weighted by molar-refractivity contribution is 7.91. The van der Waals surface area contributed by atoms with E-state index in [9.17, 15) is 13.2 Å². The average Bonchev–Trinajstić information content (AvgIpc) is 2.73. The number of hydrogen-bond donors (Lipinski definition) is 2. The number of benzene rings is 3. The molecule has 0 saturated carbocycles. The Morgan fingerprint density at radius 3 is 2.14 bits per heavy atom. The fraction of sp³-hybridized carbons (Fsp3) is 0.136. The zero-order valence-electron chi connectivity index (χ0n) is 15.6. The van der Waals surface area contributed by atoms with Crippen molar-refractivity contribution in [1.29, 1.82) is 0 Å². The molecule has 0 unspecified atom stereocenters. The smallest absolute Gasteiger partial charge is 0.243 e. The van der Waals surface area contributed by atoms with Crippen LogP contribution in [0.15, 0.2) is 88.7 Å². The summed E-state index contributed by atoms with van der Waals surface area (Å²) >= 11 is 0. The van der Waals surface area contributed by atoms with E-state index in [1.165, 1.54) is 0 Å². The van der Waals surface area contributed by atoms with Crippen LogP contribution in [0.1, 0.15) is 12.5 Å². The number of nitrogens with one attached hydrogen (secondary N) is 2. The minimum Gasteiger partial charge on any atom is -0.376 e. The van der Waals surface area contributed by atoms with Gasteiger partial charge >= 0.3 is 0 Å². The Hall–Kier alpha value is -3.12. The van der Waals surface area contributed by atoms with Crippen molar-refractivity contribution < 1.29 is 13.2 Å². The normalized spacial score (nSPS) is 11.0. The van der Waals surface area contributed by atoms with Crippen LogP contribution in [0, 0.1) is 0 Å². The molecule has 1 amide bonds. The molecule has 0 spiro atoms. The number of anilines is 2. The van der Waals surface area contributed by atoms with Gasteiger partial charge in [-0.3, -0.25) is 4.79 Å². The number of para-hydroxylation sites is 1. The largest absolute Gasteiger partial charge is 0.376 e. The Balaban J connectivity index is 1.81. The summed E-state index contributed by atoms with van der Waals surface area (Å²) in [7, 11) is -3.63. The molecular weight excluding hydrogens is 372 g/mol. The van der Waals surface area contributed by atoms with Crippen molar-refractivity contribution in [2.24, 2.45) is 0 Å². The van der Waals surface area contributed by atoms with Gasteiger partial charge in [0.05, 0.1) is 16.3 Å². The van der Waals surface area contributed by atoms with E-state index in [4.69, 9.17) is 0 Å². The molecule has 0 aliphatic rings. The van der Waals surface area contributed by atoms with E-state index >= 15 is 0 Å². The molecule has 6 heteroatoms. The monoisotopic (exact) mass is 394 g/mol. The molecular formula is C22H22N2O3S. The molecule has 0 radical (unpaired) electrons. The second-order valence-corrected chi connectivity index (χ2v) is 8.14. The van der Waals surface area contributed by atoms with Gasteiger partial charge in [-0.2, -0.15) is 0 Å². The third kappa shape index (κ3) is 4.40. The second kappa shape index (κ2) is 8.71. The van der Waals surface area contributed by atoms with Crippen LogP contribution in [0.4, 0.5) is 11.4 Å². The molecule has 0 aliphatic carbocycles. The maximum atomic E-state index is 13.0. The lowest BCUT2D eigenvalue weighted by atomic mass is 10.1. The van der Waals surface area contributed by atoms with Gasteiger partial charge in [0.1, 0.15) is 0 Å². The highest BCUT2D eigenvalue weighted by Crippen LogP contribution is 2.29. The van der Waals surface area contributed by atoms with Crippen LogP contribution in [-0.2, 0) is 21.1 Å². The minimum absolute atomic E-state index is 0.0384. The van der Waals surface area contributed by atoms with Crippen molar-refractivity contribution >= 4 is 27.1 Å². The van der Waals surface area contributed by atoms with Crippen LogP contribution in [0.25, 0.3) is 0 Å². The zero-order valence-corrected chi connectivity index (χ0v) is 16.4. The molecule has 0 aliphatic heterocycles. The maximum absolute atomic E-state index is 13.0. The van der Waals surface area contributed by atoms with Gasteiger partial charge in [-0.25, -0.2) is 8.42 Å². The van der Waals surface area contributed by atoms with Gasteiger partial charge in [0.2, 0.25) is 15.7 Å². The van der Waals surface area contributed by atoms with E-state index in [0.29, 0.717) is 23.4 Å². The molecule has 0 heterocycles. The van der Waals surface area contributed by atoms with Crippen LogP contribution in [0.5, 0.6) is 0 Å². The van der Waals surface area contributed by atoms with Crippen molar-refractivity contribution in [1.82, 2.24) is 0 Å². The topological polar surface area (TPSA) is 75.3 Å². The fourth-order valence-electron chi connectivity index (χ4n) is 2.98. The number of hydrogen-bond acceptors (Lipinski definition) is 4. The summed E-state index contributed by atoms with van der Waals surface area (Å²) in [5.74, 6) is -0.204. The van der Waals surface area contributed by atoms with Gasteiger partial charge in [-0.15, -0.1) is 0 Å². The number of amides is 1. The van der Waals surface area contributed by atoms with Crippen LogP contribution in [0.3, 0.4) is 0 Å². The molecule has 3 rings (SSSR count). The third-order valence-electron chi connectivity index (χ3n) is 4.33. The lowest BCUT2D eigenvalue weighted by molar-refractivity contribution is -0.114. The van der Waals surface area contributed by atoms with E-state index in [1.54, 1.807) is 48.5 Å². The van der Waals surface area contributed by atoms with E-state index in [1.807, 2.05) is 37.3 Å². The van der Waals surface area contributed by atoms with Crippen molar-refractivity contribution in [3.63, 3.8) is 0 Å². The zero-order chi connectivity index (χ0) is 20.0. The van der Waals surface area contributed by atoms with Gasteiger partial charge < -0.3 is 10.6 Å². The predicted octanol–water partition coefficient (Wildman–Crippen LogP) is 4.13. The molecule has 3 aromatic carbocycles. The third-order valence-corrected chi connectivity index (χ3v) is 6.18.